The number of para-hydroxylation sites is 1. The predicted molar refractivity (Wildman–Crippen MR) is 124 cm³/mol. The van der Waals surface area contributed by atoms with E-state index in [9.17, 15) is 9.59 Å². The van der Waals surface area contributed by atoms with Crippen molar-refractivity contribution in [2.45, 2.75) is 24.2 Å². The molecule has 2 aliphatic heterocycles. The number of rotatable bonds is 7. The summed E-state index contributed by atoms with van der Waals surface area (Å²) >= 11 is 1.54. The third kappa shape index (κ3) is 5.48. The molecule has 0 spiro atoms. The van der Waals surface area contributed by atoms with Gasteiger partial charge in [-0.05, 0) is 37.3 Å². The fourth-order valence-corrected chi connectivity index (χ4v) is 4.47. The smallest absolute Gasteiger partial charge is 0.229 e. The number of likely N-dealkylation sites (tertiary alicyclic amines) is 1. The zero-order valence-corrected chi connectivity index (χ0v) is 19.0. The summed E-state index contributed by atoms with van der Waals surface area (Å²) in [5.41, 5.74) is 0.714. The van der Waals surface area contributed by atoms with Gasteiger partial charge in [-0.2, -0.15) is 0 Å². The van der Waals surface area contributed by atoms with Crippen LogP contribution < -0.4 is 19.5 Å². The fourth-order valence-electron chi connectivity index (χ4n) is 3.92. The molecule has 0 saturated carbocycles. The van der Waals surface area contributed by atoms with Crippen molar-refractivity contribution >= 4 is 29.3 Å². The van der Waals surface area contributed by atoms with Crippen molar-refractivity contribution in [3.05, 3.63) is 42.5 Å². The number of ether oxygens (including phenoxy) is 3. The van der Waals surface area contributed by atoms with E-state index < -0.39 is 0 Å². The Morgan fingerprint density at radius 3 is 2.66 bits per heavy atom. The van der Waals surface area contributed by atoms with E-state index in [1.807, 2.05) is 48.7 Å². The topological polar surface area (TPSA) is 77.1 Å². The van der Waals surface area contributed by atoms with Crippen LogP contribution in [0.15, 0.2) is 47.4 Å². The Bertz CT molecular complexity index is 953. The van der Waals surface area contributed by atoms with Gasteiger partial charge in [0.25, 0.3) is 0 Å². The molecule has 7 nitrogen and oxygen atoms in total. The average Bonchev–Trinajstić information content (AvgIpc) is 2.84. The van der Waals surface area contributed by atoms with Crippen LogP contribution in [0.3, 0.4) is 0 Å². The Morgan fingerprint density at radius 1 is 1.16 bits per heavy atom. The molecule has 2 aliphatic rings. The maximum atomic E-state index is 13.0. The van der Waals surface area contributed by atoms with Gasteiger partial charge in [0.2, 0.25) is 11.8 Å². The van der Waals surface area contributed by atoms with Gasteiger partial charge in [-0.3, -0.25) is 9.59 Å². The second-order valence-electron chi connectivity index (χ2n) is 7.78. The molecule has 0 bridgehead atoms. The molecule has 1 fully saturated rings. The molecule has 2 aromatic rings. The lowest BCUT2D eigenvalue weighted by Crippen LogP contribution is -2.44. The van der Waals surface area contributed by atoms with Gasteiger partial charge in [0.05, 0.1) is 24.6 Å². The molecule has 0 aliphatic carbocycles. The van der Waals surface area contributed by atoms with Crippen molar-refractivity contribution in [3.8, 4) is 17.2 Å². The van der Waals surface area contributed by atoms with Gasteiger partial charge in [-0.1, -0.05) is 18.2 Å². The molecule has 0 aromatic heterocycles. The third-order valence-electron chi connectivity index (χ3n) is 5.59. The Labute approximate surface area is 192 Å². The van der Waals surface area contributed by atoms with Crippen LogP contribution in [0.2, 0.25) is 0 Å². The van der Waals surface area contributed by atoms with Crippen LogP contribution in [0, 0.1) is 5.92 Å². The molecule has 1 atom stereocenters. The molecule has 4 rings (SSSR count). The van der Waals surface area contributed by atoms with Gasteiger partial charge in [0, 0.05) is 24.1 Å². The molecule has 1 saturated heterocycles. The van der Waals surface area contributed by atoms with E-state index in [2.05, 4.69) is 5.32 Å². The van der Waals surface area contributed by atoms with Crippen LogP contribution in [0.25, 0.3) is 0 Å². The van der Waals surface area contributed by atoms with Crippen molar-refractivity contribution in [2.24, 2.45) is 5.92 Å². The summed E-state index contributed by atoms with van der Waals surface area (Å²) in [6, 6.07) is 13.2. The average molecular weight is 457 g/mol. The minimum atomic E-state index is -0.245. The van der Waals surface area contributed by atoms with Crippen molar-refractivity contribution in [3.63, 3.8) is 0 Å². The van der Waals surface area contributed by atoms with Gasteiger partial charge in [0.15, 0.2) is 11.5 Å². The quantitative estimate of drug-likeness (QED) is 0.638. The molecular weight excluding hydrogens is 428 g/mol. The van der Waals surface area contributed by atoms with Crippen molar-refractivity contribution in [2.75, 3.05) is 44.5 Å². The number of hydrogen-bond acceptors (Lipinski definition) is 6. The Morgan fingerprint density at radius 2 is 1.91 bits per heavy atom. The van der Waals surface area contributed by atoms with Gasteiger partial charge in [-0.15, -0.1) is 11.8 Å². The fraction of sp³-hybridized carbons (Fsp3) is 0.417. The number of fused-ring (bicyclic) bond motifs is 1. The van der Waals surface area contributed by atoms with Gasteiger partial charge in [-0.25, -0.2) is 0 Å². The third-order valence-corrected chi connectivity index (χ3v) is 6.37. The van der Waals surface area contributed by atoms with E-state index in [0.29, 0.717) is 56.5 Å². The first-order valence-corrected chi connectivity index (χ1v) is 12.1. The zero-order valence-electron chi connectivity index (χ0n) is 18.2. The second kappa shape index (κ2) is 10.6. The molecule has 32 heavy (non-hydrogen) atoms. The van der Waals surface area contributed by atoms with Crippen LogP contribution in [0.5, 0.6) is 17.2 Å². The number of thioether (sulfide) groups is 1. The summed E-state index contributed by atoms with van der Waals surface area (Å²) < 4.78 is 16.9. The van der Waals surface area contributed by atoms with E-state index >= 15 is 0 Å². The lowest BCUT2D eigenvalue weighted by Gasteiger charge is -2.32. The minimum absolute atomic E-state index is 0.0163. The first kappa shape index (κ1) is 22.3. The lowest BCUT2D eigenvalue weighted by atomic mass is 9.96. The molecule has 1 unspecified atom stereocenters. The normalized spacial score (nSPS) is 17.5. The Balaban J connectivity index is 1.33. The van der Waals surface area contributed by atoms with Crippen LogP contribution in [-0.4, -0.2) is 55.9 Å². The first-order chi connectivity index (χ1) is 15.6. The van der Waals surface area contributed by atoms with Crippen LogP contribution in [-0.2, 0) is 9.59 Å². The maximum absolute atomic E-state index is 13.0. The summed E-state index contributed by atoms with van der Waals surface area (Å²) in [5.74, 6) is 1.79. The highest BCUT2D eigenvalue weighted by Gasteiger charge is 2.29. The molecule has 170 valence electrons. The minimum Gasteiger partial charge on any atom is -0.493 e. The highest BCUT2D eigenvalue weighted by molar-refractivity contribution is 7.98. The zero-order chi connectivity index (χ0) is 22.3. The standard InChI is InChI=1S/C24H28N2O5S/c1-32-22-15-21-20(30-12-13-31-21)14-19(22)25-24(28)17-6-5-10-26(16-17)23(27)9-11-29-18-7-3-2-4-8-18/h2-4,7-8,14-15,17H,5-6,9-13,16H2,1H3,(H,25,28). The summed E-state index contributed by atoms with van der Waals surface area (Å²) in [6.07, 6.45) is 3.82. The number of carbonyl (C=O) groups is 2. The van der Waals surface area contributed by atoms with Crippen molar-refractivity contribution < 1.29 is 23.8 Å². The largest absolute Gasteiger partial charge is 0.493 e. The number of hydrogen-bond donors (Lipinski definition) is 1. The van der Waals surface area contributed by atoms with Crippen LogP contribution in [0.4, 0.5) is 5.69 Å². The summed E-state index contributed by atoms with van der Waals surface area (Å²) in [4.78, 5) is 28.4. The molecular formula is C24H28N2O5S. The lowest BCUT2D eigenvalue weighted by molar-refractivity contribution is -0.135. The monoisotopic (exact) mass is 456 g/mol. The van der Waals surface area contributed by atoms with E-state index in [0.717, 1.165) is 23.5 Å². The highest BCUT2D eigenvalue weighted by atomic mass is 32.2. The number of amides is 2. The van der Waals surface area contributed by atoms with Crippen LogP contribution >= 0.6 is 11.8 Å². The molecule has 0 radical (unpaired) electrons. The van der Waals surface area contributed by atoms with Gasteiger partial charge < -0.3 is 24.4 Å². The molecule has 2 heterocycles. The van der Waals surface area contributed by atoms with Gasteiger partial charge >= 0.3 is 0 Å². The number of benzene rings is 2. The second-order valence-corrected chi connectivity index (χ2v) is 8.62. The molecule has 8 heteroatoms. The van der Waals surface area contributed by atoms with E-state index in [1.54, 1.807) is 16.7 Å². The highest BCUT2D eigenvalue weighted by Crippen LogP contribution is 2.39. The molecule has 2 amide bonds. The number of carbonyl (C=O) groups excluding carboxylic acids is 2. The number of piperidine rings is 1. The Kier molecular flexibility index (Phi) is 7.42. The van der Waals surface area contributed by atoms with Crippen LogP contribution in [0.1, 0.15) is 19.3 Å². The Hall–Kier alpha value is -2.87. The predicted octanol–water partition coefficient (Wildman–Crippen LogP) is 3.83. The summed E-state index contributed by atoms with van der Waals surface area (Å²) in [6.45, 7) is 2.44. The summed E-state index contributed by atoms with van der Waals surface area (Å²) in [7, 11) is 0. The summed E-state index contributed by atoms with van der Waals surface area (Å²) in [5, 5.41) is 3.05. The maximum Gasteiger partial charge on any atom is 0.229 e. The molecule has 1 N–H and O–H groups in total. The SMILES string of the molecule is CSc1cc2c(cc1NC(=O)C1CCCN(C(=O)CCOc3ccccc3)C1)OCCO2. The number of anilines is 1. The van der Waals surface area contributed by atoms with E-state index in [4.69, 9.17) is 14.2 Å². The van der Waals surface area contributed by atoms with E-state index in [1.165, 1.54) is 0 Å². The van der Waals surface area contributed by atoms with E-state index in [-0.39, 0.29) is 17.7 Å². The van der Waals surface area contributed by atoms with Crippen molar-refractivity contribution in [1.82, 2.24) is 4.90 Å². The first-order valence-electron chi connectivity index (χ1n) is 10.9. The van der Waals surface area contributed by atoms with Crippen molar-refractivity contribution in [1.29, 1.82) is 0 Å². The van der Waals surface area contributed by atoms with Gasteiger partial charge in [0.1, 0.15) is 19.0 Å². The number of nitrogens with zero attached hydrogens (tertiary/aromatic N) is 1. The molecule has 2 aromatic carbocycles. The number of nitrogens with one attached hydrogen (secondary N) is 1.